The molecule has 348 valence electrons. The van der Waals surface area contributed by atoms with Gasteiger partial charge in [0.1, 0.15) is 16.7 Å². The van der Waals surface area contributed by atoms with Crippen LogP contribution in [0.5, 0.6) is 0 Å². The van der Waals surface area contributed by atoms with Crippen LogP contribution in [-0.4, -0.2) is 56.6 Å². The minimum atomic E-state index is -0.591. The molecule has 0 spiro atoms. The van der Waals surface area contributed by atoms with Crippen LogP contribution in [0.2, 0.25) is 0 Å². The Hall–Kier alpha value is -8.90. The molecule has 0 bridgehead atoms. The van der Waals surface area contributed by atoms with Gasteiger partial charge in [-0.2, -0.15) is 0 Å². The van der Waals surface area contributed by atoms with Crippen LogP contribution in [0.4, 0.5) is 0 Å². The average molecular weight is 925 g/mol. The number of benzene rings is 6. The summed E-state index contributed by atoms with van der Waals surface area (Å²) in [5.41, 5.74) is 5.01. The molecule has 0 aliphatic rings. The Morgan fingerprint density at radius 1 is 0.522 bits per heavy atom. The number of carbonyl (C=O) groups excluding carboxylic acids is 6. The lowest BCUT2D eigenvalue weighted by Crippen LogP contribution is -2.14. The highest BCUT2D eigenvalue weighted by molar-refractivity contribution is 6.12. The van der Waals surface area contributed by atoms with Gasteiger partial charge in [-0.1, -0.05) is 152 Å². The van der Waals surface area contributed by atoms with Crippen LogP contribution in [-0.2, 0) is 35.0 Å². The quantitative estimate of drug-likeness (QED) is 0.0492. The summed E-state index contributed by atoms with van der Waals surface area (Å²) in [6, 6.07) is 51.1. The molecule has 3 aromatic heterocycles. The molecule has 9 aromatic rings. The molecule has 0 fully saturated rings. The van der Waals surface area contributed by atoms with Gasteiger partial charge in [-0.3, -0.25) is 24.0 Å². The van der Waals surface area contributed by atoms with Crippen LogP contribution in [0.3, 0.4) is 0 Å². The van der Waals surface area contributed by atoms with Crippen LogP contribution in [0, 0.1) is 0 Å². The monoisotopic (exact) mass is 924 g/mol. The molecule has 12 heteroatoms. The summed E-state index contributed by atoms with van der Waals surface area (Å²) >= 11 is 0. The average Bonchev–Trinajstić information content (AvgIpc) is 4.14. The molecule has 1 unspecified atom stereocenters. The highest BCUT2D eigenvalue weighted by atomic mass is 16.5. The third kappa shape index (κ3) is 12.3. The van der Waals surface area contributed by atoms with Gasteiger partial charge in [0.15, 0.2) is 17.3 Å². The van der Waals surface area contributed by atoms with Gasteiger partial charge in [-0.05, 0) is 37.6 Å². The van der Waals surface area contributed by atoms with Crippen molar-refractivity contribution in [2.24, 2.45) is 0 Å². The molecule has 9 rings (SSSR count). The Balaban J connectivity index is 0.000000162. The zero-order valence-corrected chi connectivity index (χ0v) is 38.3. The van der Waals surface area contributed by atoms with Gasteiger partial charge in [0.05, 0.1) is 27.2 Å². The lowest BCUT2D eigenvalue weighted by molar-refractivity contribution is -0.142. The Labute approximate surface area is 397 Å². The van der Waals surface area contributed by atoms with Gasteiger partial charge in [-0.25, -0.2) is 4.79 Å². The third-order valence-corrected chi connectivity index (χ3v) is 10.7. The van der Waals surface area contributed by atoms with Crippen LogP contribution >= 0.6 is 0 Å². The van der Waals surface area contributed by atoms with Crippen LogP contribution in [0.1, 0.15) is 78.7 Å². The van der Waals surface area contributed by atoms with Crippen molar-refractivity contribution in [2.75, 3.05) is 21.3 Å². The lowest BCUT2D eigenvalue weighted by atomic mass is 9.94. The molecule has 6 aromatic carbocycles. The van der Waals surface area contributed by atoms with Crippen molar-refractivity contribution in [1.29, 1.82) is 0 Å². The number of para-hydroxylation sites is 3. The number of carbonyl (C=O) groups is 6. The highest BCUT2D eigenvalue weighted by Crippen LogP contribution is 2.34. The first-order chi connectivity index (χ1) is 33.5. The van der Waals surface area contributed by atoms with E-state index in [0.29, 0.717) is 51.4 Å². The fraction of sp³-hybridized carbons (Fsp3) is 0.123. The SMILES string of the molecule is C=CC(=O)OC.COC(=O)C(C)c1c(C(=O)c2ccccc2)oc2ccccc12.COC(=O)CCc1c(C(=O)c2ccccc2)oc2ccccc12.O=C(c1ccccc1)c1cc2ccccc2o1. The van der Waals surface area contributed by atoms with Crippen LogP contribution < -0.4 is 0 Å². The Kier molecular flexibility index (Phi) is 17.3. The molecule has 69 heavy (non-hydrogen) atoms. The molecule has 0 aliphatic heterocycles. The largest absolute Gasteiger partial charge is 0.469 e. The van der Waals surface area contributed by atoms with Crippen molar-refractivity contribution in [3.8, 4) is 0 Å². The Morgan fingerprint density at radius 3 is 1.49 bits per heavy atom. The Bertz CT molecular complexity index is 3180. The number of ether oxygens (including phenoxy) is 3. The third-order valence-electron chi connectivity index (χ3n) is 10.7. The summed E-state index contributed by atoms with van der Waals surface area (Å²) in [5, 5.41) is 2.56. The zero-order valence-electron chi connectivity index (χ0n) is 38.3. The van der Waals surface area contributed by atoms with Gasteiger partial charge < -0.3 is 27.5 Å². The maximum absolute atomic E-state index is 12.8. The second-order valence-corrected chi connectivity index (χ2v) is 15.0. The van der Waals surface area contributed by atoms with E-state index in [0.717, 1.165) is 33.4 Å². The number of esters is 3. The molecular weight excluding hydrogens is 877 g/mol. The van der Waals surface area contributed by atoms with E-state index in [4.69, 9.17) is 22.7 Å². The summed E-state index contributed by atoms with van der Waals surface area (Å²) < 4.78 is 30.8. The standard InChI is InChI=1S/2C19H16O4.C15H10O2.C4H6O2/c1-12(19(21)22-2)16-14-10-6-7-11-15(14)23-18(16)17(20)13-8-4-3-5-9-13;1-22-17(20)12-11-15-14-9-5-6-10-16(14)23-19(15)18(21)13-7-3-2-4-8-13;16-15(11-6-2-1-3-7-11)14-10-12-8-4-5-9-13(12)17-14;1-3-4(5)6-2/h3-12H,1-2H3;2-10H,11-12H2,1H3;1-10H;3H,1H2,2H3. The van der Waals surface area contributed by atoms with E-state index in [1.807, 2.05) is 109 Å². The maximum Gasteiger partial charge on any atom is 0.329 e. The summed E-state index contributed by atoms with van der Waals surface area (Å²) in [5.74, 6) is -1.33. The summed E-state index contributed by atoms with van der Waals surface area (Å²) in [4.78, 5) is 71.0. The van der Waals surface area contributed by atoms with Crippen LogP contribution in [0.15, 0.2) is 196 Å². The second kappa shape index (κ2) is 24.0. The molecule has 0 saturated carbocycles. The van der Waals surface area contributed by atoms with Crippen molar-refractivity contribution >= 4 is 68.2 Å². The van der Waals surface area contributed by atoms with Gasteiger partial charge in [0.25, 0.3) is 0 Å². The number of rotatable bonds is 12. The number of aryl methyl sites for hydroxylation is 1. The molecule has 0 amide bonds. The zero-order chi connectivity index (χ0) is 49.3. The van der Waals surface area contributed by atoms with Gasteiger partial charge in [0, 0.05) is 56.5 Å². The normalized spacial score (nSPS) is 10.8. The molecule has 12 nitrogen and oxygen atoms in total. The van der Waals surface area contributed by atoms with E-state index >= 15 is 0 Å². The predicted molar refractivity (Wildman–Crippen MR) is 261 cm³/mol. The van der Waals surface area contributed by atoms with Crippen molar-refractivity contribution in [1.82, 2.24) is 0 Å². The number of hydrogen-bond acceptors (Lipinski definition) is 12. The summed E-state index contributed by atoms with van der Waals surface area (Å²) in [6.07, 6.45) is 1.71. The van der Waals surface area contributed by atoms with Crippen molar-refractivity contribution in [3.63, 3.8) is 0 Å². The molecular formula is C57H48O12. The van der Waals surface area contributed by atoms with Crippen molar-refractivity contribution in [2.45, 2.75) is 25.7 Å². The molecule has 0 N–H and O–H groups in total. The van der Waals surface area contributed by atoms with Crippen molar-refractivity contribution < 1.29 is 56.2 Å². The van der Waals surface area contributed by atoms with Gasteiger partial charge in [0.2, 0.25) is 17.3 Å². The summed E-state index contributed by atoms with van der Waals surface area (Å²) in [6.45, 7) is 4.87. The van der Waals surface area contributed by atoms with E-state index in [2.05, 4.69) is 11.3 Å². The first-order valence-corrected chi connectivity index (χ1v) is 21.6. The van der Waals surface area contributed by atoms with Crippen LogP contribution in [0.25, 0.3) is 32.9 Å². The topological polar surface area (TPSA) is 170 Å². The van der Waals surface area contributed by atoms with E-state index in [9.17, 15) is 28.8 Å². The van der Waals surface area contributed by atoms with E-state index in [1.165, 1.54) is 21.3 Å². The number of furan rings is 3. The summed E-state index contributed by atoms with van der Waals surface area (Å²) in [7, 11) is 4.00. The maximum atomic E-state index is 12.8. The molecule has 3 heterocycles. The molecule has 0 aliphatic carbocycles. The first-order valence-electron chi connectivity index (χ1n) is 21.6. The first kappa shape index (κ1) is 49.5. The van der Waals surface area contributed by atoms with E-state index < -0.39 is 17.9 Å². The highest BCUT2D eigenvalue weighted by Gasteiger charge is 2.29. The van der Waals surface area contributed by atoms with Crippen molar-refractivity contribution in [3.05, 3.63) is 228 Å². The number of hydrogen-bond donors (Lipinski definition) is 0. The fourth-order valence-electron chi connectivity index (χ4n) is 7.17. The molecule has 0 saturated heterocycles. The molecule has 1 atom stereocenters. The predicted octanol–water partition coefficient (Wildman–Crippen LogP) is 11.7. The Morgan fingerprint density at radius 2 is 0.986 bits per heavy atom. The van der Waals surface area contributed by atoms with E-state index in [-0.39, 0.29) is 35.5 Å². The number of methoxy groups -OCH3 is 3. The van der Waals surface area contributed by atoms with Gasteiger partial charge >= 0.3 is 17.9 Å². The number of ketones is 3. The smallest absolute Gasteiger partial charge is 0.329 e. The minimum Gasteiger partial charge on any atom is -0.469 e. The van der Waals surface area contributed by atoms with Gasteiger partial charge in [-0.15, -0.1) is 0 Å². The van der Waals surface area contributed by atoms with E-state index in [1.54, 1.807) is 67.6 Å². The lowest BCUT2D eigenvalue weighted by Gasteiger charge is -2.09. The fourth-order valence-corrected chi connectivity index (χ4v) is 7.17. The minimum absolute atomic E-state index is 0.0817. The molecule has 0 radical (unpaired) electrons. The second-order valence-electron chi connectivity index (χ2n) is 15.0. The number of fused-ring (bicyclic) bond motifs is 3.